The second kappa shape index (κ2) is 4.64. The maximum absolute atomic E-state index is 12.3. The highest BCUT2D eigenvalue weighted by molar-refractivity contribution is 9.10. The van der Waals surface area contributed by atoms with Crippen LogP contribution in [-0.2, 0) is 0 Å². The van der Waals surface area contributed by atoms with Gasteiger partial charge in [-0.25, -0.2) is 0 Å². The summed E-state index contributed by atoms with van der Waals surface area (Å²) >= 11 is 3.31. The molecule has 0 saturated carbocycles. The molecule has 1 heterocycles. The highest BCUT2D eigenvalue weighted by Crippen LogP contribution is 2.56. The van der Waals surface area contributed by atoms with Crippen molar-refractivity contribution in [3.63, 3.8) is 0 Å². The lowest BCUT2D eigenvalue weighted by Crippen LogP contribution is -2.22. The van der Waals surface area contributed by atoms with Crippen molar-refractivity contribution in [2.75, 3.05) is 5.43 Å². The molecule has 5 nitrogen and oxygen atoms in total. The third kappa shape index (κ3) is 1.80. The van der Waals surface area contributed by atoms with Crippen LogP contribution in [0.3, 0.4) is 0 Å². The number of aromatic hydroxyl groups is 2. The highest BCUT2D eigenvalue weighted by Gasteiger charge is 2.41. The van der Waals surface area contributed by atoms with E-state index in [0.717, 1.165) is 26.7 Å². The average molecular weight is 361 g/mol. The van der Waals surface area contributed by atoms with Crippen LogP contribution < -0.4 is 5.43 Å². The van der Waals surface area contributed by atoms with Crippen LogP contribution in [-0.4, -0.2) is 20.8 Å². The minimum Gasteiger partial charge on any atom is -0.493 e. The summed E-state index contributed by atoms with van der Waals surface area (Å²) in [4.78, 5) is 12.3. The number of hydrogen-bond acceptors (Lipinski definition) is 3. The number of nitrogens with one attached hydrogen (secondary N) is 1. The summed E-state index contributed by atoms with van der Waals surface area (Å²) in [6.07, 6.45) is 4.95. The molecule has 2 aliphatic rings. The van der Waals surface area contributed by atoms with E-state index in [1.54, 1.807) is 24.3 Å². The van der Waals surface area contributed by atoms with Crippen LogP contribution in [0.5, 0.6) is 11.8 Å². The third-order valence-electron chi connectivity index (χ3n) is 4.34. The monoisotopic (exact) mass is 360 g/mol. The Balaban J connectivity index is 1.68. The lowest BCUT2D eigenvalue weighted by Gasteiger charge is -2.11. The van der Waals surface area contributed by atoms with Crippen molar-refractivity contribution in [1.29, 1.82) is 0 Å². The fourth-order valence-corrected chi connectivity index (χ4v) is 3.58. The van der Waals surface area contributed by atoms with Crippen LogP contribution in [0.15, 0.2) is 40.9 Å². The van der Waals surface area contributed by atoms with E-state index in [1.807, 2.05) is 12.2 Å². The van der Waals surface area contributed by atoms with Gasteiger partial charge < -0.3 is 10.2 Å². The summed E-state index contributed by atoms with van der Waals surface area (Å²) in [5, 5.41) is 20.7. The number of amides is 1. The number of aromatic nitrogens is 1. The van der Waals surface area contributed by atoms with E-state index in [-0.39, 0.29) is 23.6 Å². The van der Waals surface area contributed by atoms with Crippen LogP contribution >= 0.6 is 15.9 Å². The molecule has 1 aromatic heterocycles. The molecule has 1 aromatic carbocycles. The van der Waals surface area contributed by atoms with E-state index < -0.39 is 5.91 Å². The van der Waals surface area contributed by atoms with Crippen molar-refractivity contribution in [2.24, 2.45) is 0 Å². The first-order valence-corrected chi connectivity index (χ1v) is 7.77. The molecule has 2 aromatic rings. The van der Waals surface area contributed by atoms with Gasteiger partial charge in [-0.2, -0.15) is 4.68 Å². The Bertz CT molecular complexity index is 772. The normalized spacial score (nSPS) is 21.1. The van der Waals surface area contributed by atoms with E-state index in [4.69, 9.17) is 0 Å². The molecule has 2 unspecified atom stereocenters. The molecular formula is C16H13BrN2O3. The minimum atomic E-state index is -0.396. The number of carbonyl (C=O) groups excluding carboxylic acids is 1. The van der Waals surface area contributed by atoms with Gasteiger partial charge in [-0.15, -0.1) is 0 Å². The van der Waals surface area contributed by atoms with Crippen LogP contribution in [0.1, 0.15) is 39.7 Å². The van der Waals surface area contributed by atoms with E-state index in [2.05, 4.69) is 21.4 Å². The summed E-state index contributed by atoms with van der Waals surface area (Å²) in [5.41, 5.74) is 4.44. The zero-order valence-electron chi connectivity index (χ0n) is 11.5. The lowest BCUT2D eigenvalue weighted by molar-refractivity contribution is 0.100. The Kier molecular flexibility index (Phi) is 2.84. The molecule has 0 saturated heterocycles. The average Bonchev–Trinajstić information content (AvgIpc) is 3.17. The zero-order chi connectivity index (χ0) is 15.4. The van der Waals surface area contributed by atoms with Gasteiger partial charge in [-0.1, -0.05) is 28.1 Å². The SMILES string of the molecule is O=C(Nn1c(O)c2c(c1O)C1C=CC2C1)c1ccc(Br)cc1. The maximum atomic E-state index is 12.3. The Morgan fingerprint density at radius 2 is 1.64 bits per heavy atom. The molecule has 112 valence electrons. The zero-order valence-corrected chi connectivity index (χ0v) is 13.0. The predicted molar refractivity (Wildman–Crippen MR) is 84.8 cm³/mol. The van der Waals surface area contributed by atoms with Crippen LogP contribution in [0, 0.1) is 0 Å². The van der Waals surface area contributed by atoms with E-state index in [9.17, 15) is 15.0 Å². The van der Waals surface area contributed by atoms with Crippen molar-refractivity contribution in [2.45, 2.75) is 18.3 Å². The molecule has 0 aliphatic heterocycles. The number of rotatable bonds is 2. The first-order chi connectivity index (χ1) is 10.6. The van der Waals surface area contributed by atoms with Gasteiger partial charge in [0.2, 0.25) is 11.8 Å². The number of benzene rings is 1. The summed E-state index contributed by atoms with van der Waals surface area (Å²) < 4.78 is 1.94. The fraction of sp³-hybridized carbons (Fsp3) is 0.188. The summed E-state index contributed by atoms with van der Waals surface area (Å²) in [5.74, 6) is -0.329. The Hall–Kier alpha value is -2.21. The van der Waals surface area contributed by atoms with Gasteiger partial charge in [-0.05, 0) is 30.7 Å². The van der Waals surface area contributed by atoms with Crippen molar-refractivity contribution < 1.29 is 15.0 Å². The maximum Gasteiger partial charge on any atom is 0.270 e. The van der Waals surface area contributed by atoms with E-state index in [1.165, 1.54) is 0 Å². The summed E-state index contributed by atoms with van der Waals surface area (Å²) in [7, 11) is 0. The molecule has 4 rings (SSSR count). The number of fused-ring (bicyclic) bond motifs is 5. The standard InChI is InChI=1S/C16H13BrN2O3/c17-11-5-3-8(4-6-11)14(20)18-19-15(21)12-9-1-2-10(7-9)13(12)16(19)22/h1-6,9-10,21-22H,7H2,(H,18,20). The van der Waals surface area contributed by atoms with Gasteiger partial charge in [0.1, 0.15) is 0 Å². The lowest BCUT2D eigenvalue weighted by atomic mass is 10.0. The highest BCUT2D eigenvalue weighted by atomic mass is 79.9. The van der Waals surface area contributed by atoms with Crippen molar-refractivity contribution >= 4 is 21.8 Å². The molecular weight excluding hydrogens is 348 g/mol. The van der Waals surface area contributed by atoms with Crippen LogP contribution in [0.2, 0.25) is 0 Å². The first kappa shape index (κ1) is 13.5. The molecule has 1 amide bonds. The minimum absolute atomic E-state index is 0.0881. The number of nitrogens with zero attached hydrogens (tertiary/aromatic N) is 1. The van der Waals surface area contributed by atoms with Gasteiger partial charge in [0.15, 0.2) is 0 Å². The first-order valence-electron chi connectivity index (χ1n) is 6.98. The van der Waals surface area contributed by atoms with Gasteiger partial charge >= 0.3 is 0 Å². The fourth-order valence-electron chi connectivity index (χ4n) is 3.31. The third-order valence-corrected chi connectivity index (χ3v) is 4.87. The second-order valence-corrected chi connectivity index (χ2v) is 6.51. The molecule has 0 fully saturated rings. The summed E-state index contributed by atoms with van der Waals surface area (Å²) in [6, 6.07) is 6.84. The molecule has 2 atom stereocenters. The second-order valence-electron chi connectivity index (χ2n) is 5.59. The number of allylic oxidation sites excluding steroid dienone is 2. The number of hydrogen-bond donors (Lipinski definition) is 3. The molecule has 22 heavy (non-hydrogen) atoms. The Morgan fingerprint density at radius 3 is 2.18 bits per heavy atom. The smallest absolute Gasteiger partial charge is 0.270 e. The molecule has 6 heteroatoms. The van der Waals surface area contributed by atoms with Crippen molar-refractivity contribution in [3.8, 4) is 11.8 Å². The van der Waals surface area contributed by atoms with Gasteiger partial charge in [-0.3, -0.25) is 10.2 Å². The topological polar surface area (TPSA) is 74.5 Å². The Morgan fingerprint density at radius 1 is 1.09 bits per heavy atom. The largest absolute Gasteiger partial charge is 0.493 e. The van der Waals surface area contributed by atoms with Crippen molar-refractivity contribution in [1.82, 2.24) is 4.68 Å². The van der Waals surface area contributed by atoms with Gasteiger partial charge in [0, 0.05) is 33.0 Å². The molecule has 0 spiro atoms. The predicted octanol–water partition coefficient (Wildman–Crippen LogP) is 3.19. The molecule has 2 bridgehead atoms. The quantitative estimate of drug-likeness (QED) is 0.720. The summed E-state index contributed by atoms with van der Waals surface area (Å²) in [6.45, 7) is 0. The molecule has 2 aliphatic carbocycles. The van der Waals surface area contributed by atoms with E-state index in [0.29, 0.717) is 5.56 Å². The van der Waals surface area contributed by atoms with Crippen molar-refractivity contribution in [3.05, 3.63) is 57.6 Å². The van der Waals surface area contributed by atoms with Crippen LogP contribution in [0.25, 0.3) is 0 Å². The molecule has 0 radical (unpaired) electrons. The van der Waals surface area contributed by atoms with Crippen LogP contribution in [0.4, 0.5) is 0 Å². The number of carbonyl (C=O) groups is 1. The van der Waals surface area contributed by atoms with E-state index >= 15 is 0 Å². The number of halogens is 1. The molecule has 3 N–H and O–H groups in total. The Labute approximate surface area is 135 Å². The van der Waals surface area contributed by atoms with Gasteiger partial charge in [0.25, 0.3) is 5.91 Å². The van der Waals surface area contributed by atoms with Gasteiger partial charge in [0.05, 0.1) is 0 Å².